The Morgan fingerprint density at radius 1 is 1.31 bits per heavy atom. The molecular weight excluding hydrogens is 332 g/mol. The molecule has 1 aromatic heterocycles. The van der Waals surface area contributed by atoms with Crippen LogP contribution in [0.5, 0.6) is 0 Å². The third-order valence-corrected chi connectivity index (χ3v) is 5.84. The number of aliphatic hydroxyl groups excluding tert-OH is 1. The van der Waals surface area contributed by atoms with Crippen LogP contribution in [0.1, 0.15) is 31.9 Å². The molecule has 0 aliphatic carbocycles. The highest BCUT2D eigenvalue weighted by atomic mass is 16.3. The van der Waals surface area contributed by atoms with Crippen molar-refractivity contribution in [2.24, 2.45) is 0 Å². The van der Waals surface area contributed by atoms with E-state index >= 15 is 0 Å². The predicted octanol–water partition coefficient (Wildman–Crippen LogP) is 0.240. The summed E-state index contributed by atoms with van der Waals surface area (Å²) in [7, 11) is 0. The van der Waals surface area contributed by atoms with Crippen molar-refractivity contribution in [3.63, 3.8) is 0 Å². The van der Waals surface area contributed by atoms with Gasteiger partial charge in [0.1, 0.15) is 5.54 Å². The first-order valence-electron chi connectivity index (χ1n) is 9.48. The smallest absolute Gasteiger partial charge is 0.252 e. The van der Waals surface area contributed by atoms with Gasteiger partial charge in [0.25, 0.3) is 5.91 Å². The van der Waals surface area contributed by atoms with Gasteiger partial charge < -0.3 is 5.11 Å². The molecule has 3 saturated heterocycles. The summed E-state index contributed by atoms with van der Waals surface area (Å²) in [4.78, 5) is 36.0. The number of hydrogen-bond donors (Lipinski definition) is 1. The average molecular weight is 358 g/mol. The number of pyridine rings is 1. The van der Waals surface area contributed by atoms with Crippen LogP contribution < -0.4 is 0 Å². The van der Waals surface area contributed by atoms with Gasteiger partial charge in [0.2, 0.25) is 5.91 Å². The Hall–Kier alpha value is -1.83. The van der Waals surface area contributed by atoms with Gasteiger partial charge in [-0.25, -0.2) is 0 Å². The van der Waals surface area contributed by atoms with E-state index < -0.39 is 11.6 Å². The van der Waals surface area contributed by atoms with Crippen LogP contribution in [-0.4, -0.2) is 80.5 Å². The number of piperazine rings is 1. The molecule has 2 atom stereocenters. The molecule has 140 valence electrons. The van der Waals surface area contributed by atoms with Crippen molar-refractivity contribution in [1.82, 2.24) is 19.7 Å². The quantitative estimate of drug-likeness (QED) is 0.760. The average Bonchev–Trinajstić information content (AvgIpc) is 3.00. The summed E-state index contributed by atoms with van der Waals surface area (Å²) in [5.74, 6) is -0.215. The molecule has 4 rings (SSSR count). The molecule has 1 N–H and O–H groups in total. The number of likely N-dealkylation sites (tertiary alicyclic amines) is 1. The topological polar surface area (TPSA) is 77.0 Å². The first kappa shape index (κ1) is 17.6. The molecule has 3 fully saturated rings. The fraction of sp³-hybridized carbons (Fsp3) is 0.632. The van der Waals surface area contributed by atoms with Crippen molar-refractivity contribution in [2.45, 2.75) is 50.4 Å². The van der Waals surface area contributed by atoms with E-state index in [1.54, 1.807) is 6.20 Å². The number of fused-ring (bicyclic) bond motifs is 2. The van der Waals surface area contributed by atoms with E-state index in [1.807, 2.05) is 23.1 Å². The van der Waals surface area contributed by atoms with Crippen molar-refractivity contribution in [3.05, 3.63) is 30.1 Å². The molecule has 3 aliphatic heterocycles. The number of amides is 2. The zero-order chi connectivity index (χ0) is 18.3. The van der Waals surface area contributed by atoms with Crippen molar-refractivity contribution in [3.8, 4) is 0 Å². The van der Waals surface area contributed by atoms with Gasteiger partial charge >= 0.3 is 0 Å². The Balaban J connectivity index is 1.54. The summed E-state index contributed by atoms with van der Waals surface area (Å²) in [6.07, 6.45) is 3.42. The van der Waals surface area contributed by atoms with E-state index in [4.69, 9.17) is 0 Å². The molecule has 26 heavy (non-hydrogen) atoms. The molecule has 0 saturated carbocycles. The molecule has 0 radical (unpaired) electrons. The lowest BCUT2D eigenvalue weighted by Gasteiger charge is -2.58. The summed E-state index contributed by atoms with van der Waals surface area (Å²) >= 11 is 0. The van der Waals surface area contributed by atoms with Gasteiger partial charge in [-0.1, -0.05) is 19.4 Å². The second kappa shape index (κ2) is 6.72. The fourth-order valence-corrected chi connectivity index (χ4v) is 4.55. The Morgan fingerprint density at radius 2 is 2.12 bits per heavy atom. The molecule has 0 bridgehead atoms. The first-order valence-corrected chi connectivity index (χ1v) is 9.48. The van der Waals surface area contributed by atoms with Crippen LogP contribution in [0.2, 0.25) is 0 Å². The highest BCUT2D eigenvalue weighted by Crippen LogP contribution is 2.40. The van der Waals surface area contributed by atoms with Crippen LogP contribution in [0.15, 0.2) is 24.4 Å². The van der Waals surface area contributed by atoms with E-state index in [0.717, 1.165) is 18.5 Å². The van der Waals surface area contributed by atoms with Crippen molar-refractivity contribution in [1.29, 1.82) is 0 Å². The second-order valence-electron chi connectivity index (χ2n) is 7.70. The standard InChI is InChI=1S/C19H26N4O3/c1-2-3-8-22-17(25)16-9-15(24)11-23(16)19(18(22)26)12-21(13-19)10-14-6-4-5-7-20-14/h4-7,15-16,24H,2-3,8-13H2,1H3. The van der Waals surface area contributed by atoms with E-state index in [9.17, 15) is 14.7 Å². The lowest BCUT2D eigenvalue weighted by molar-refractivity contribution is -0.180. The Bertz CT molecular complexity index is 689. The van der Waals surface area contributed by atoms with E-state index in [0.29, 0.717) is 39.1 Å². The van der Waals surface area contributed by atoms with Crippen LogP contribution in [-0.2, 0) is 16.1 Å². The van der Waals surface area contributed by atoms with Crippen LogP contribution in [0.25, 0.3) is 0 Å². The predicted molar refractivity (Wildman–Crippen MR) is 95.0 cm³/mol. The minimum Gasteiger partial charge on any atom is -0.392 e. The Kier molecular flexibility index (Phi) is 4.54. The van der Waals surface area contributed by atoms with Crippen LogP contribution >= 0.6 is 0 Å². The van der Waals surface area contributed by atoms with Gasteiger partial charge in [-0.3, -0.25) is 29.3 Å². The zero-order valence-corrected chi connectivity index (χ0v) is 15.2. The number of aliphatic hydroxyl groups is 1. The third-order valence-electron chi connectivity index (χ3n) is 5.84. The summed E-state index contributed by atoms with van der Waals surface area (Å²) in [5, 5.41) is 10.1. The normalized spacial score (nSPS) is 28.5. The van der Waals surface area contributed by atoms with Gasteiger partial charge in [-0.05, 0) is 25.0 Å². The third kappa shape index (κ3) is 2.74. The Morgan fingerprint density at radius 3 is 2.81 bits per heavy atom. The van der Waals surface area contributed by atoms with E-state index in [1.165, 1.54) is 4.90 Å². The summed E-state index contributed by atoms with van der Waals surface area (Å²) in [5.41, 5.74) is 0.306. The zero-order valence-electron chi connectivity index (χ0n) is 15.2. The molecule has 2 unspecified atom stereocenters. The largest absolute Gasteiger partial charge is 0.392 e. The van der Waals surface area contributed by atoms with Crippen molar-refractivity contribution in [2.75, 3.05) is 26.2 Å². The number of aromatic nitrogens is 1. The van der Waals surface area contributed by atoms with Gasteiger partial charge in [-0.2, -0.15) is 0 Å². The maximum absolute atomic E-state index is 13.2. The molecule has 7 heteroatoms. The maximum atomic E-state index is 13.2. The van der Waals surface area contributed by atoms with E-state index in [-0.39, 0.29) is 17.9 Å². The number of nitrogens with zero attached hydrogens (tertiary/aromatic N) is 4. The maximum Gasteiger partial charge on any atom is 0.252 e. The number of imide groups is 1. The molecular formula is C19H26N4O3. The minimum absolute atomic E-state index is 0.0847. The summed E-state index contributed by atoms with van der Waals surface area (Å²) < 4.78 is 0. The van der Waals surface area contributed by atoms with Crippen molar-refractivity contribution >= 4 is 11.8 Å². The lowest BCUT2D eigenvalue weighted by atomic mass is 9.82. The number of rotatable bonds is 5. The number of unbranched alkanes of at least 4 members (excludes halogenated alkanes) is 1. The van der Waals surface area contributed by atoms with Gasteiger partial charge in [-0.15, -0.1) is 0 Å². The molecule has 0 aromatic carbocycles. The molecule has 2 amide bonds. The monoisotopic (exact) mass is 358 g/mol. The molecule has 1 aromatic rings. The number of carbonyl (C=O) groups excluding carboxylic acids is 2. The molecule has 1 spiro atoms. The van der Waals surface area contributed by atoms with Crippen molar-refractivity contribution < 1.29 is 14.7 Å². The van der Waals surface area contributed by atoms with Crippen LogP contribution in [0, 0.1) is 0 Å². The second-order valence-corrected chi connectivity index (χ2v) is 7.70. The first-order chi connectivity index (χ1) is 12.5. The van der Waals surface area contributed by atoms with E-state index in [2.05, 4.69) is 16.8 Å². The number of hydrogen-bond acceptors (Lipinski definition) is 6. The molecule has 3 aliphatic rings. The molecule has 7 nitrogen and oxygen atoms in total. The SMILES string of the molecule is CCCCN1C(=O)C2CC(O)CN2C2(CN(Cc3ccccn3)C2)C1=O. The highest BCUT2D eigenvalue weighted by molar-refractivity contribution is 6.06. The summed E-state index contributed by atoms with van der Waals surface area (Å²) in [6.45, 7) is 4.80. The van der Waals surface area contributed by atoms with Gasteiger partial charge in [0, 0.05) is 38.9 Å². The van der Waals surface area contributed by atoms with Gasteiger partial charge in [0.05, 0.1) is 17.8 Å². The summed E-state index contributed by atoms with van der Waals surface area (Å²) in [6, 6.07) is 5.46. The Labute approximate surface area is 153 Å². The fourth-order valence-electron chi connectivity index (χ4n) is 4.55. The number of carbonyl (C=O) groups is 2. The lowest BCUT2D eigenvalue weighted by Crippen LogP contribution is -2.81. The van der Waals surface area contributed by atoms with Crippen LogP contribution in [0.3, 0.4) is 0 Å². The number of β-amino-alcohol motifs (C(OH)–C–C–N with tert-alkyl or cyclic N) is 1. The minimum atomic E-state index is -0.668. The van der Waals surface area contributed by atoms with Crippen LogP contribution in [0.4, 0.5) is 0 Å². The highest BCUT2D eigenvalue weighted by Gasteiger charge is 2.63. The van der Waals surface area contributed by atoms with Gasteiger partial charge in [0.15, 0.2) is 0 Å². The molecule has 4 heterocycles.